The smallest absolute Gasteiger partial charge is 0.122 e. The van der Waals surface area contributed by atoms with Crippen LogP contribution in [0.3, 0.4) is 0 Å². The lowest BCUT2D eigenvalue weighted by Crippen LogP contribution is -2.27. The van der Waals surface area contributed by atoms with Gasteiger partial charge in [0.1, 0.15) is 11.9 Å². The predicted molar refractivity (Wildman–Crippen MR) is 84.3 cm³/mol. The van der Waals surface area contributed by atoms with Crippen molar-refractivity contribution >= 4 is 10.8 Å². The number of nitrogens with two attached hydrogens (primary N) is 1. The maximum Gasteiger partial charge on any atom is 0.122 e. The molecule has 0 spiro atoms. The summed E-state index contributed by atoms with van der Waals surface area (Å²) in [4.78, 5) is 0. The Balaban J connectivity index is 1.79. The molecule has 0 aliphatic carbocycles. The second-order valence-corrected chi connectivity index (χ2v) is 5.19. The van der Waals surface area contributed by atoms with Gasteiger partial charge in [0.05, 0.1) is 13.2 Å². The number of ether oxygens (including phenoxy) is 2. The highest BCUT2D eigenvalue weighted by atomic mass is 16.5. The van der Waals surface area contributed by atoms with Gasteiger partial charge in [-0.3, -0.25) is 0 Å². The first-order chi connectivity index (χ1) is 10.3. The molecule has 0 saturated carbocycles. The van der Waals surface area contributed by atoms with E-state index in [1.165, 1.54) is 0 Å². The molecule has 1 aliphatic heterocycles. The second kappa shape index (κ2) is 6.62. The van der Waals surface area contributed by atoms with E-state index in [0.29, 0.717) is 13.2 Å². The van der Waals surface area contributed by atoms with Gasteiger partial charge in [0.15, 0.2) is 0 Å². The highest BCUT2D eigenvalue weighted by molar-refractivity contribution is 5.85. The van der Waals surface area contributed by atoms with Gasteiger partial charge in [0.25, 0.3) is 0 Å². The summed E-state index contributed by atoms with van der Waals surface area (Å²) >= 11 is 0. The molecule has 1 heterocycles. The summed E-state index contributed by atoms with van der Waals surface area (Å²) in [6.45, 7) is 1.92. The molecule has 21 heavy (non-hydrogen) atoms. The molecule has 1 atom stereocenters. The maximum atomic E-state index is 5.99. The first kappa shape index (κ1) is 13.9. The normalized spacial score (nSPS) is 18.0. The van der Waals surface area contributed by atoms with Crippen molar-refractivity contribution in [2.24, 2.45) is 5.73 Å². The maximum absolute atomic E-state index is 5.99. The lowest BCUT2D eigenvalue weighted by Gasteiger charge is -2.23. The number of benzene rings is 2. The molecule has 3 rings (SSSR count). The lowest BCUT2D eigenvalue weighted by molar-refractivity contribution is 0.00749. The van der Waals surface area contributed by atoms with E-state index in [1.54, 1.807) is 0 Å². The Labute approximate surface area is 125 Å². The third-order valence-electron chi connectivity index (χ3n) is 3.57. The zero-order valence-electron chi connectivity index (χ0n) is 12.0. The van der Waals surface area contributed by atoms with E-state index >= 15 is 0 Å². The number of rotatable bonds is 2. The molecule has 1 saturated heterocycles. The second-order valence-electron chi connectivity index (χ2n) is 5.19. The average molecular weight is 281 g/mol. The van der Waals surface area contributed by atoms with Gasteiger partial charge < -0.3 is 15.2 Å². The van der Waals surface area contributed by atoms with Crippen molar-refractivity contribution in [2.75, 3.05) is 19.8 Å². The SMILES string of the molecule is NCC#Cc1ccc2cc(OC3CCCOC3)ccc2c1. The van der Waals surface area contributed by atoms with Crippen LogP contribution < -0.4 is 10.5 Å². The minimum absolute atomic E-state index is 0.172. The number of fused-ring (bicyclic) bond motifs is 1. The molecule has 108 valence electrons. The van der Waals surface area contributed by atoms with Gasteiger partial charge in [-0.15, -0.1) is 0 Å². The molecule has 0 radical (unpaired) electrons. The van der Waals surface area contributed by atoms with Gasteiger partial charge in [0, 0.05) is 12.2 Å². The first-order valence-electron chi connectivity index (χ1n) is 7.32. The summed E-state index contributed by atoms with van der Waals surface area (Å²) in [5.74, 6) is 6.83. The molecule has 0 bridgehead atoms. The fraction of sp³-hybridized carbons (Fsp3) is 0.333. The van der Waals surface area contributed by atoms with E-state index in [1.807, 2.05) is 12.1 Å². The van der Waals surface area contributed by atoms with Crippen molar-refractivity contribution in [1.82, 2.24) is 0 Å². The van der Waals surface area contributed by atoms with Gasteiger partial charge >= 0.3 is 0 Å². The molecule has 0 aromatic heterocycles. The Morgan fingerprint density at radius 3 is 2.86 bits per heavy atom. The molecule has 3 nitrogen and oxygen atoms in total. The highest BCUT2D eigenvalue weighted by Crippen LogP contribution is 2.24. The summed E-state index contributed by atoms with van der Waals surface area (Å²) in [5, 5.41) is 2.31. The molecule has 2 aromatic rings. The van der Waals surface area contributed by atoms with E-state index in [-0.39, 0.29) is 6.10 Å². The first-order valence-corrected chi connectivity index (χ1v) is 7.32. The highest BCUT2D eigenvalue weighted by Gasteiger charge is 2.15. The topological polar surface area (TPSA) is 44.5 Å². The Morgan fingerprint density at radius 1 is 1.19 bits per heavy atom. The van der Waals surface area contributed by atoms with E-state index < -0.39 is 0 Å². The summed E-state index contributed by atoms with van der Waals surface area (Å²) in [6, 6.07) is 12.3. The van der Waals surface area contributed by atoms with Crippen molar-refractivity contribution < 1.29 is 9.47 Å². The van der Waals surface area contributed by atoms with Gasteiger partial charge in [-0.1, -0.05) is 24.0 Å². The average Bonchev–Trinajstić information content (AvgIpc) is 2.54. The van der Waals surface area contributed by atoms with Gasteiger partial charge in [-0.05, 0) is 47.9 Å². The molecular weight excluding hydrogens is 262 g/mol. The third-order valence-corrected chi connectivity index (χ3v) is 3.57. The molecule has 2 aromatic carbocycles. The predicted octanol–water partition coefficient (Wildman–Crippen LogP) is 2.71. The Kier molecular flexibility index (Phi) is 4.40. The van der Waals surface area contributed by atoms with Crippen LogP contribution in [0.5, 0.6) is 5.75 Å². The molecule has 1 fully saturated rings. The van der Waals surface area contributed by atoms with E-state index in [4.69, 9.17) is 15.2 Å². The van der Waals surface area contributed by atoms with Crippen LogP contribution in [0.15, 0.2) is 36.4 Å². The van der Waals surface area contributed by atoms with Crippen LogP contribution in [-0.2, 0) is 4.74 Å². The zero-order chi connectivity index (χ0) is 14.5. The van der Waals surface area contributed by atoms with Crippen molar-refractivity contribution in [2.45, 2.75) is 18.9 Å². The summed E-state index contributed by atoms with van der Waals surface area (Å²) in [6.07, 6.45) is 2.30. The van der Waals surface area contributed by atoms with Crippen molar-refractivity contribution in [1.29, 1.82) is 0 Å². The van der Waals surface area contributed by atoms with Crippen LogP contribution in [0, 0.1) is 11.8 Å². The van der Waals surface area contributed by atoms with Crippen molar-refractivity contribution in [3.05, 3.63) is 42.0 Å². The minimum atomic E-state index is 0.172. The third kappa shape index (κ3) is 3.55. The van der Waals surface area contributed by atoms with Crippen LogP contribution in [-0.4, -0.2) is 25.9 Å². The summed E-state index contributed by atoms with van der Waals surface area (Å²) < 4.78 is 11.4. The largest absolute Gasteiger partial charge is 0.488 e. The lowest BCUT2D eigenvalue weighted by atomic mass is 10.1. The molecule has 1 aliphatic rings. The van der Waals surface area contributed by atoms with E-state index in [9.17, 15) is 0 Å². The zero-order valence-corrected chi connectivity index (χ0v) is 12.0. The monoisotopic (exact) mass is 281 g/mol. The summed E-state index contributed by atoms with van der Waals surface area (Å²) in [7, 11) is 0. The Morgan fingerprint density at radius 2 is 2.05 bits per heavy atom. The number of hydrogen-bond acceptors (Lipinski definition) is 3. The van der Waals surface area contributed by atoms with Gasteiger partial charge in [0.2, 0.25) is 0 Å². The molecule has 0 amide bonds. The molecule has 1 unspecified atom stereocenters. The molecular formula is C18H19NO2. The van der Waals surface area contributed by atoms with Gasteiger partial charge in [-0.25, -0.2) is 0 Å². The van der Waals surface area contributed by atoms with Gasteiger partial charge in [-0.2, -0.15) is 0 Å². The van der Waals surface area contributed by atoms with Crippen LogP contribution >= 0.6 is 0 Å². The van der Waals surface area contributed by atoms with E-state index in [2.05, 4.69) is 36.1 Å². The van der Waals surface area contributed by atoms with Crippen molar-refractivity contribution in [3.63, 3.8) is 0 Å². The fourth-order valence-electron chi connectivity index (χ4n) is 2.52. The summed E-state index contributed by atoms with van der Waals surface area (Å²) in [5.41, 5.74) is 6.39. The standard InChI is InChI=1S/C18H19NO2/c19-9-1-3-14-5-6-16-12-17(8-7-15(16)11-14)21-18-4-2-10-20-13-18/h5-8,11-12,18H,2,4,9-10,13,19H2. The van der Waals surface area contributed by atoms with Crippen LogP contribution in [0.2, 0.25) is 0 Å². The van der Waals surface area contributed by atoms with E-state index in [0.717, 1.165) is 41.5 Å². The van der Waals surface area contributed by atoms with Crippen LogP contribution in [0.4, 0.5) is 0 Å². The Bertz CT molecular complexity index is 678. The van der Waals surface area contributed by atoms with Crippen LogP contribution in [0.25, 0.3) is 10.8 Å². The molecule has 3 heteroatoms. The number of hydrogen-bond donors (Lipinski definition) is 1. The van der Waals surface area contributed by atoms with Crippen LogP contribution in [0.1, 0.15) is 18.4 Å². The fourth-order valence-corrected chi connectivity index (χ4v) is 2.52. The minimum Gasteiger partial charge on any atom is -0.488 e. The Hall–Kier alpha value is -2.02. The molecule has 2 N–H and O–H groups in total. The van der Waals surface area contributed by atoms with Crippen molar-refractivity contribution in [3.8, 4) is 17.6 Å². The quantitative estimate of drug-likeness (QED) is 0.861.